The lowest BCUT2D eigenvalue weighted by Crippen LogP contribution is -2.26. The van der Waals surface area contributed by atoms with Gasteiger partial charge in [-0.05, 0) is 18.8 Å². The molecular weight excluding hydrogens is 254 g/mol. The van der Waals surface area contributed by atoms with Gasteiger partial charge < -0.3 is 10.4 Å². The van der Waals surface area contributed by atoms with Gasteiger partial charge in [-0.15, -0.1) is 0 Å². The third-order valence-electron chi connectivity index (χ3n) is 3.22. The Morgan fingerprint density at radius 2 is 2.44 bits per heavy atom. The maximum absolute atomic E-state index is 11.8. The van der Waals surface area contributed by atoms with Gasteiger partial charge in [0.25, 0.3) is 5.56 Å². The zero-order chi connectivity index (χ0) is 13.1. The first-order valence-electron chi connectivity index (χ1n) is 6.30. The third kappa shape index (κ3) is 2.84. The fourth-order valence-corrected chi connectivity index (χ4v) is 2.33. The molecule has 18 heavy (non-hydrogen) atoms. The van der Waals surface area contributed by atoms with E-state index in [2.05, 4.69) is 17.3 Å². The van der Waals surface area contributed by atoms with Crippen molar-refractivity contribution in [3.63, 3.8) is 0 Å². The second kappa shape index (κ2) is 5.71. The van der Waals surface area contributed by atoms with Crippen LogP contribution in [0.25, 0.3) is 0 Å². The first-order valence-corrected chi connectivity index (χ1v) is 6.68. The van der Waals surface area contributed by atoms with Crippen molar-refractivity contribution >= 4 is 17.3 Å². The molecule has 1 saturated carbocycles. The molecule has 0 bridgehead atoms. The number of rotatable bonds is 6. The highest BCUT2D eigenvalue weighted by Crippen LogP contribution is 2.37. The second-order valence-electron chi connectivity index (χ2n) is 4.66. The van der Waals surface area contributed by atoms with Crippen molar-refractivity contribution in [3.05, 3.63) is 21.6 Å². The molecule has 1 aliphatic rings. The predicted molar refractivity (Wildman–Crippen MR) is 71.0 cm³/mol. The van der Waals surface area contributed by atoms with Crippen molar-refractivity contribution in [1.29, 1.82) is 0 Å². The summed E-state index contributed by atoms with van der Waals surface area (Å²) < 4.78 is 1.17. The van der Waals surface area contributed by atoms with Gasteiger partial charge in [0.2, 0.25) is 0 Å². The summed E-state index contributed by atoms with van der Waals surface area (Å²) in [5.41, 5.74) is 0.239. The summed E-state index contributed by atoms with van der Waals surface area (Å²) in [4.78, 5) is 11.8. The summed E-state index contributed by atoms with van der Waals surface area (Å²) >= 11 is 6.01. The quantitative estimate of drug-likeness (QED) is 0.823. The van der Waals surface area contributed by atoms with Crippen LogP contribution in [0, 0.1) is 5.92 Å². The molecule has 1 heterocycles. The zero-order valence-electron chi connectivity index (χ0n) is 10.4. The van der Waals surface area contributed by atoms with Crippen LogP contribution in [-0.4, -0.2) is 27.5 Å². The average molecular weight is 272 g/mol. The number of halogens is 1. The van der Waals surface area contributed by atoms with Gasteiger partial charge in [-0.25, -0.2) is 4.68 Å². The molecule has 5 nitrogen and oxygen atoms in total. The summed E-state index contributed by atoms with van der Waals surface area (Å²) in [6.45, 7) is 2.21. The standard InChI is InChI=1S/C12H18ClN3O2/c1-2-3-8-6-9(8)15-10-7-14-16(4-5-17)12(18)11(10)13/h7-9,15,17H,2-6H2,1H3. The molecule has 1 fully saturated rings. The highest BCUT2D eigenvalue weighted by Gasteiger charge is 2.36. The molecule has 2 N–H and O–H groups in total. The number of nitrogens with zero attached hydrogens (tertiary/aromatic N) is 2. The smallest absolute Gasteiger partial charge is 0.287 e. The van der Waals surface area contributed by atoms with Crippen molar-refractivity contribution in [2.24, 2.45) is 5.92 Å². The number of aliphatic hydroxyl groups excluding tert-OH is 1. The number of hydrogen-bond acceptors (Lipinski definition) is 4. The van der Waals surface area contributed by atoms with Crippen molar-refractivity contribution in [2.45, 2.75) is 38.8 Å². The molecule has 0 amide bonds. The van der Waals surface area contributed by atoms with Crippen LogP contribution in [0.2, 0.25) is 5.02 Å². The minimum atomic E-state index is -0.358. The number of anilines is 1. The highest BCUT2D eigenvalue weighted by atomic mass is 35.5. The van der Waals surface area contributed by atoms with E-state index < -0.39 is 0 Å². The summed E-state index contributed by atoms with van der Waals surface area (Å²) in [5, 5.41) is 16.2. The van der Waals surface area contributed by atoms with E-state index in [0.717, 1.165) is 6.42 Å². The largest absolute Gasteiger partial charge is 0.394 e. The van der Waals surface area contributed by atoms with Gasteiger partial charge in [-0.2, -0.15) is 5.10 Å². The Balaban J connectivity index is 2.06. The Bertz CT molecular complexity index is 475. The molecule has 1 aliphatic carbocycles. The normalized spacial score (nSPS) is 21.9. The summed E-state index contributed by atoms with van der Waals surface area (Å²) in [7, 11) is 0. The molecule has 0 saturated heterocycles. The van der Waals surface area contributed by atoms with Gasteiger partial charge in [-0.3, -0.25) is 4.79 Å². The Kier molecular flexibility index (Phi) is 4.24. The van der Waals surface area contributed by atoms with Crippen molar-refractivity contribution < 1.29 is 5.11 Å². The molecule has 1 aromatic heterocycles. The van der Waals surface area contributed by atoms with Gasteiger partial charge >= 0.3 is 0 Å². The van der Waals surface area contributed by atoms with Gasteiger partial charge in [-0.1, -0.05) is 24.9 Å². The van der Waals surface area contributed by atoms with E-state index in [1.165, 1.54) is 17.5 Å². The minimum absolute atomic E-state index is 0.128. The molecule has 0 aliphatic heterocycles. The maximum Gasteiger partial charge on any atom is 0.287 e. The van der Waals surface area contributed by atoms with E-state index >= 15 is 0 Å². The fourth-order valence-electron chi connectivity index (χ4n) is 2.13. The Morgan fingerprint density at radius 3 is 3.11 bits per heavy atom. The van der Waals surface area contributed by atoms with Crippen LogP contribution in [-0.2, 0) is 6.54 Å². The van der Waals surface area contributed by atoms with Crippen LogP contribution < -0.4 is 10.9 Å². The molecule has 6 heteroatoms. The van der Waals surface area contributed by atoms with Crippen molar-refractivity contribution in [2.75, 3.05) is 11.9 Å². The van der Waals surface area contributed by atoms with Crippen LogP contribution >= 0.6 is 11.6 Å². The molecule has 0 aromatic carbocycles. The Morgan fingerprint density at radius 1 is 1.67 bits per heavy atom. The monoisotopic (exact) mass is 271 g/mol. The molecule has 0 radical (unpaired) electrons. The van der Waals surface area contributed by atoms with Gasteiger partial charge in [0.1, 0.15) is 5.02 Å². The van der Waals surface area contributed by atoms with Gasteiger partial charge in [0.05, 0.1) is 25.0 Å². The lowest BCUT2D eigenvalue weighted by Gasteiger charge is -2.09. The number of aromatic nitrogens is 2. The van der Waals surface area contributed by atoms with Crippen molar-refractivity contribution in [3.8, 4) is 0 Å². The SMILES string of the molecule is CCCC1CC1Nc1cnn(CCO)c(=O)c1Cl. The molecule has 2 unspecified atom stereocenters. The van der Waals surface area contributed by atoms with Crippen LogP contribution in [0.4, 0.5) is 5.69 Å². The van der Waals surface area contributed by atoms with Crippen LogP contribution in [0.5, 0.6) is 0 Å². The number of hydrogen-bond donors (Lipinski definition) is 2. The molecule has 2 rings (SSSR count). The van der Waals surface area contributed by atoms with Crippen molar-refractivity contribution in [1.82, 2.24) is 9.78 Å². The summed E-state index contributed by atoms with van der Waals surface area (Å²) in [6.07, 6.45) is 5.06. The van der Waals surface area contributed by atoms with E-state index in [0.29, 0.717) is 17.6 Å². The first kappa shape index (κ1) is 13.4. The van der Waals surface area contributed by atoms with Gasteiger partial charge in [0, 0.05) is 6.04 Å². The number of nitrogens with one attached hydrogen (secondary N) is 1. The maximum atomic E-state index is 11.8. The topological polar surface area (TPSA) is 67.2 Å². The lowest BCUT2D eigenvalue weighted by molar-refractivity contribution is 0.266. The first-order chi connectivity index (χ1) is 8.67. The van der Waals surface area contributed by atoms with Crippen LogP contribution in [0.15, 0.2) is 11.0 Å². The van der Waals surface area contributed by atoms with E-state index in [1.807, 2.05) is 0 Å². The van der Waals surface area contributed by atoms with E-state index in [1.54, 1.807) is 6.20 Å². The fraction of sp³-hybridized carbons (Fsp3) is 0.667. The number of aliphatic hydroxyl groups is 1. The minimum Gasteiger partial charge on any atom is -0.394 e. The zero-order valence-corrected chi connectivity index (χ0v) is 11.2. The van der Waals surface area contributed by atoms with E-state index in [-0.39, 0.29) is 23.7 Å². The lowest BCUT2D eigenvalue weighted by atomic mass is 10.2. The summed E-state index contributed by atoms with van der Waals surface area (Å²) in [5.74, 6) is 0.686. The van der Waals surface area contributed by atoms with Crippen LogP contribution in [0.1, 0.15) is 26.2 Å². The van der Waals surface area contributed by atoms with Crippen LogP contribution in [0.3, 0.4) is 0 Å². The molecule has 100 valence electrons. The van der Waals surface area contributed by atoms with Gasteiger partial charge in [0.15, 0.2) is 0 Å². The molecule has 1 aromatic rings. The Labute approximate surface area is 111 Å². The molecule has 2 atom stereocenters. The third-order valence-corrected chi connectivity index (χ3v) is 3.58. The summed E-state index contributed by atoms with van der Waals surface area (Å²) in [6, 6.07) is 0.414. The predicted octanol–water partition coefficient (Wildman–Crippen LogP) is 1.49. The van der Waals surface area contributed by atoms with E-state index in [9.17, 15) is 4.79 Å². The Hall–Kier alpha value is -1.07. The average Bonchev–Trinajstić information content (AvgIpc) is 3.08. The molecule has 0 spiro atoms. The van der Waals surface area contributed by atoms with E-state index in [4.69, 9.17) is 16.7 Å². The molecular formula is C12H18ClN3O2. The second-order valence-corrected chi connectivity index (χ2v) is 5.04. The highest BCUT2D eigenvalue weighted by molar-refractivity contribution is 6.32.